The minimum atomic E-state index is -0.904. The fourth-order valence-corrected chi connectivity index (χ4v) is 6.71. The number of carbonyl (C=O) groups is 4. The van der Waals surface area contributed by atoms with E-state index in [-0.39, 0.29) is 54.1 Å². The summed E-state index contributed by atoms with van der Waals surface area (Å²) in [6.07, 6.45) is 11.2. The van der Waals surface area contributed by atoms with Crippen LogP contribution in [0.4, 0.5) is 0 Å². The number of ether oxygens (including phenoxy) is 1. The molecule has 4 atom stereocenters. The Balaban J connectivity index is 1.58. The van der Waals surface area contributed by atoms with Crippen LogP contribution in [0.15, 0.2) is 18.6 Å². The van der Waals surface area contributed by atoms with E-state index in [1.807, 2.05) is 20.8 Å². The lowest BCUT2D eigenvalue weighted by molar-refractivity contribution is -0.156. The van der Waals surface area contributed by atoms with Crippen molar-refractivity contribution in [3.8, 4) is 0 Å². The Morgan fingerprint density at radius 1 is 1.11 bits per heavy atom. The summed E-state index contributed by atoms with van der Waals surface area (Å²) in [6, 6.07) is -1.45. The van der Waals surface area contributed by atoms with Gasteiger partial charge in [-0.15, -0.1) is 0 Å². The highest BCUT2D eigenvalue weighted by atomic mass is 16.5. The Morgan fingerprint density at radius 3 is 2.47 bits per heavy atom. The molecule has 2 saturated carbocycles. The third-order valence-electron chi connectivity index (χ3n) is 8.73. The molecule has 38 heavy (non-hydrogen) atoms. The Kier molecular flexibility index (Phi) is 8.52. The summed E-state index contributed by atoms with van der Waals surface area (Å²) in [5.74, 6) is -0.710. The Morgan fingerprint density at radius 2 is 1.84 bits per heavy atom. The zero-order valence-corrected chi connectivity index (χ0v) is 23.2. The van der Waals surface area contributed by atoms with Crippen molar-refractivity contribution in [1.82, 2.24) is 20.2 Å². The number of amides is 2. The predicted molar refractivity (Wildman–Crippen MR) is 141 cm³/mol. The number of rotatable bonds is 8. The maximum atomic E-state index is 14.1. The maximum absolute atomic E-state index is 14.1. The first kappa shape index (κ1) is 28.2. The summed E-state index contributed by atoms with van der Waals surface area (Å²) in [7, 11) is 0. The van der Waals surface area contributed by atoms with Gasteiger partial charge < -0.3 is 15.0 Å². The third-order valence-corrected chi connectivity index (χ3v) is 8.73. The lowest BCUT2D eigenvalue weighted by Gasteiger charge is -2.40. The van der Waals surface area contributed by atoms with Gasteiger partial charge in [0.05, 0.1) is 18.2 Å². The standard InChI is InChI=1S/C29H42N4O5/c1-5-38-26(36)23-20-11-9-10-19(20)18-33(23)25(35)24(28(2,3)4)32-27(37)29(12-7-6-8-13-29)16-22(34)21-17-30-14-15-31-21/h14-15,17,19-20,23-24H,5-13,16,18H2,1-4H3,(H,32,37)/t19-,20-,23-,24+/m0/s1. The van der Waals surface area contributed by atoms with Crippen molar-refractivity contribution in [2.45, 2.75) is 97.6 Å². The molecule has 0 bridgehead atoms. The number of likely N-dealkylation sites (tertiary alicyclic amines) is 1. The van der Waals surface area contributed by atoms with Crippen molar-refractivity contribution in [3.05, 3.63) is 24.3 Å². The van der Waals surface area contributed by atoms with E-state index in [2.05, 4.69) is 15.3 Å². The molecule has 9 heteroatoms. The SMILES string of the molecule is CCOC(=O)[C@@H]1[C@H]2CCC[C@H]2CN1C(=O)[C@@H](NC(=O)C1(CC(=O)c2cnccn2)CCCCC1)C(C)(C)C. The molecular weight excluding hydrogens is 484 g/mol. The Hall–Kier alpha value is -2.84. The molecule has 0 spiro atoms. The van der Waals surface area contributed by atoms with E-state index in [1.165, 1.54) is 18.6 Å². The van der Waals surface area contributed by atoms with Gasteiger partial charge in [0.25, 0.3) is 0 Å². The molecule has 3 fully saturated rings. The number of carbonyl (C=O) groups excluding carboxylic acids is 4. The summed E-state index contributed by atoms with van der Waals surface area (Å²) in [5.41, 5.74) is -1.26. The van der Waals surface area contributed by atoms with Crippen molar-refractivity contribution in [3.63, 3.8) is 0 Å². The van der Waals surface area contributed by atoms with Crippen molar-refractivity contribution >= 4 is 23.6 Å². The molecular formula is C29H42N4O5. The van der Waals surface area contributed by atoms with Crippen LogP contribution >= 0.6 is 0 Å². The molecule has 1 N–H and O–H groups in total. The van der Waals surface area contributed by atoms with E-state index in [9.17, 15) is 19.2 Å². The monoisotopic (exact) mass is 526 g/mol. The molecule has 3 aliphatic rings. The summed E-state index contributed by atoms with van der Waals surface area (Å²) >= 11 is 0. The van der Waals surface area contributed by atoms with E-state index < -0.39 is 22.9 Å². The van der Waals surface area contributed by atoms with E-state index in [0.29, 0.717) is 19.4 Å². The zero-order chi connectivity index (χ0) is 27.5. The predicted octanol–water partition coefficient (Wildman–Crippen LogP) is 3.72. The van der Waals surface area contributed by atoms with Crippen LogP contribution in [-0.4, -0.2) is 63.7 Å². The molecule has 2 heterocycles. The van der Waals surface area contributed by atoms with E-state index in [0.717, 1.165) is 38.5 Å². The van der Waals surface area contributed by atoms with Crippen LogP contribution < -0.4 is 5.32 Å². The van der Waals surface area contributed by atoms with Crippen LogP contribution in [0.2, 0.25) is 0 Å². The van der Waals surface area contributed by atoms with Gasteiger partial charge in [0.1, 0.15) is 17.8 Å². The Bertz CT molecular complexity index is 1030. The van der Waals surface area contributed by atoms with Crippen molar-refractivity contribution in [2.75, 3.05) is 13.2 Å². The quantitative estimate of drug-likeness (QED) is 0.405. The van der Waals surface area contributed by atoms with Crippen LogP contribution in [0.1, 0.15) is 96.0 Å². The largest absolute Gasteiger partial charge is 0.464 e. The van der Waals surface area contributed by atoms with Crippen LogP contribution in [0.25, 0.3) is 0 Å². The molecule has 1 aromatic heterocycles. The summed E-state index contributed by atoms with van der Waals surface area (Å²) < 4.78 is 5.39. The summed E-state index contributed by atoms with van der Waals surface area (Å²) in [4.78, 5) is 64.1. The molecule has 208 valence electrons. The lowest BCUT2D eigenvalue weighted by atomic mass is 9.69. The van der Waals surface area contributed by atoms with Gasteiger partial charge in [-0.1, -0.05) is 46.5 Å². The van der Waals surface area contributed by atoms with Gasteiger partial charge in [0.2, 0.25) is 11.8 Å². The number of nitrogens with zero attached hydrogens (tertiary/aromatic N) is 3. The third kappa shape index (κ3) is 5.76. The van der Waals surface area contributed by atoms with Gasteiger partial charge >= 0.3 is 5.97 Å². The average Bonchev–Trinajstić information content (AvgIpc) is 3.49. The van der Waals surface area contributed by atoms with Gasteiger partial charge in [-0.25, -0.2) is 9.78 Å². The van der Waals surface area contributed by atoms with Crippen molar-refractivity contribution < 1.29 is 23.9 Å². The minimum Gasteiger partial charge on any atom is -0.464 e. The molecule has 1 aliphatic heterocycles. The molecule has 2 aliphatic carbocycles. The molecule has 0 aromatic carbocycles. The highest BCUT2D eigenvalue weighted by Gasteiger charge is 2.53. The molecule has 0 radical (unpaired) electrons. The smallest absolute Gasteiger partial charge is 0.329 e. The van der Waals surface area contributed by atoms with Gasteiger partial charge in [-0.2, -0.15) is 0 Å². The maximum Gasteiger partial charge on any atom is 0.329 e. The number of ketones is 1. The number of Topliss-reactive ketones (excluding diaryl/α,β-unsaturated/α-hetero) is 1. The van der Waals surface area contributed by atoms with E-state index in [1.54, 1.807) is 11.8 Å². The topological polar surface area (TPSA) is 119 Å². The first-order valence-corrected chi connectivity index (χ1v) is 14.1. The molecule has 9 nitrogen and oxygen atoms in total. The van der Waals surface area contributed by atoms with Crippen LogP contribution in [0.5, 0.6) is 0 Å². The number of aromatic nitrogens is 2. The number of fused-ring (bicyclic) bond motifs is 1. The fraction of sp³-hybridized carbons (Fsp3) is 0.724. The van der Waals surface area contributed by atoms with Gasteiger partial charge in [0, 0.05) is 25.4 Å². The zero-order valence-electron chi connectivity index (χ0n) is 23.2. The van der Waals surface area contributed by atoms with Crippen LogP contribution in [-0.2, 0) is 19.1 Å². The second kappa shape index (κ2) is 11.5. The summed E-state index contributed by atoms with van der Waals surface area (Å²) in [5, 5.41) is 3.09. The van der Waals surface area contributed by atoms with Gasteiger partial charge in [-0.05, 0) is 49.9 Å². The van der Waals surface area contributed by atoms with Crippen molar-refractivity contribution in [1.29, 1.82) is 0 Å². The Labute approximate surface area is 225 Å². The molecule has 2 amide bonds. The van der Waals surface area contributed by atoms with Crippen molar-refractivity contribution in [2.24, 2.45) is 22.7 Å². The number of hydrogen-bond acceptors (Lipinski definition) is 7. The van der Waals surface area contributed by atoms with Crippen LogP contribution in [0, 0.1) is 22.7 Å². The molecule has 1 saturated heterocycles. The highest BCUT2D eigenvalue weighted by Crippen LogP contribution is 2.44. The minimum absolute atomic E-state index is 0.0297. The highest BCUT2D eigenvalue weighted by molar-refractivity contribution is 5.99. The molecule has 0 unspecified atom stereocenters. The number of esters is 1. The normalized spacial score (nSPS) is 25.4. The first-order chi connectivity index (χ1) is 18.1. The van der Waals surface area contributed by atoms with Gasteiger partial charge in [0.15, 0.2) is 5.78 Å². The molecule has 4 rings (SSSR count). The van der Waals surface area contributed by atoms with Gasteiger partial charge in [-0.3, -0.25) is 19.4 Å². The summed E-state index contributed by atoms with van der Waals surface area (Å²) in [6.45, 7) is 8.30. The number of hydrogen-bond donors (Lipinski definition) is 1. The lowest BCUT2D eigenvalue weighted by Crippen LogP contribution is -2.60. The second-order valence-electron chi connectivity index (χ2n) is 12.3. The molecule has 1 aromatic rings. The average molecular weight is 527 g/mol. The van der Waals surface area contributed by atoms with E-state index >= 15 is 0 Å². The van der Waals surface area contributed by atoms with Crippen LogP contribution in [0.3, 0.4) is 0 Å². The van der Waals surface area contributed by atoms with E-state index in [4.69, 9.17) is 4.74 Å². The number of nitrogens with one attached hydrogen (secondary N) is 1. The second-order valence-corrected chi connectivity index (χ2v) is 12.3. The fourth-order valence-electron chi connectivity index (χ4n) is 6.71. The first-order valence-electron chi connectivity index (χ1n) is 14.1.